The Balaban J connectivity index is 3.25. The van der Waals surface area contributed by atoms with Crippen LogP contribution in [0.25, 0.3) is 0 Å². The lowest BCUT2D eigenvalue weighted by molar-refractivity contribution is 0.381. The Morgan fingerprint density at radius 3 is 2.42 bits per heavy atom. The fraction of sp³-hybridized carbons (Fsp3) is 0.818. The van der Waals surface area contributed by atoms with E-state index >= 15 is 0 Å². The lowest BCUT2D eigenvalue weighted by Crippen LogP contribution is -2.02. The quantitative estimate of drug-likeness (QED) is 0.440. The molecule has 0 aliphatic rings. The summed E-state index contributed by atoms with van der Waals surface area (Å²) in [5, 5.41) is 0. The summed E-state index contributed by atoms with van der Waals surface area (Å²) in [6.07, 6.45) is 7.59. The van der Waals surface area contributed by atoms with Crippen LogP contribution in [-0.4, -0.2) is 6.16 Å². The Bertz CT molecular complexity index is 119. The molecule has 12 heavy (non-hydrogen) atoms. The molecule has 0 aromatic carbocycles. The Hall–Kier alpha value is 0.170. The molecule has 0 radical (unpaired) electrons. The minimum atomic E-state index is 0.498. The van der Waals surface area contributed by atoms with Crippen molar-refractivity contribution < 1.29 is 0 Å². The summed E-state index contributed by atoms with van der Waals surface area (Å²) in [5.74, 6) is 2.36. The minimum absolute atomic E-state index is 0.498. The number of hydrogen-bond acceptors (Lipinski definition) is 0. The molecule has 0 fully saturated rings. The molecule has 0 aliphatic carbocycles. The van der Waals surface area contributed by atoms with Crippen molar-refractivity contribution in [2.45, 2.75) is 47.0 Å². The zero-order valence-electron chi connectivity index (χ0n) is 8.98. The molecule has 1 unspecified atom stereocenters. The molecular weight excluding hydrogens is 163 g/mol. The maximum Gasteiger partial charge on any atom is -0.0321 e. The van der Waals surface area contributed by atoms with E-state index in [9.17, 15) is 0 Å². The molecule has 0 N–H and O–H groups in total. The summed E-state index contributed by atoms with van der Waals surface area (Å²) >= 11 is 0. The van der Waals surface area contributed by atoms with Crippen molar-refractivity contribution in [1.29, 1.82) is 0 Å². The van der Waals surface area contributed by atoms with Gasteiger partial charge in [0.05, 0.1) is 0 Å². The van der Waals surface area contributed by atoms with Crippen LogP contribution in [0.15, 0.2) is 11.9 Å². The molecule has 0 saturated heterocycles. The van der Waals surface area contributed by atoms with Crippen LogP contribution in [0.4, 0.5) is 0 Å². The predicted octanol–water partition coefficient (Wildman–Crippen LogP) is 4.41. The average Bonchev–Trinajstić information content (AvgIpc) is 1.94. The van der Waals surface area contributed by atoms with E-state index in [0.717, 1.165) is 8.58 Å². The van der Waals surface area contributed by atoms with E-state index < -0.39 is 0 Å². The van der Waals surface area contributed by atoms with Crippen molar-refractivity contribution in [3.8, 4) is 0 Å². The van der Waals surface area contributed by atoms with Crippen LogP contribution in [0.3, 0.4) is 0 Å². The van der Waals surface area contributed by atoms with Crippen LogP contribution in [0.5, 0.6) is 0 Å². The molecule has 0 bridgehead atoms. The molecule has 0 aliphatic heterocycles. The van der Waals surface area contributed by atoms with E-state index in [0.29, 0.717) is 5.41 Å². The first kappa shape index (κ1) is 12.2. The molecule has 0 saturated carbocycles. The molecule has 0 aromatic rings. The van der Waals surface area contributed by atoms with Gasteiger partial charge >= 0.3 is 0 Å². The third-order valence-electron chi connectivity index (χ3n) is 1.69. The maximum atomic E-state index is 2.36. The maximum absolute atomic E-state index is 2.36. The molecule has 0 nitrogen and oxygen atoms in total. The predicted molar refractivity (Wildman–Crippen MR) is 61.3 cm³/mol. The smallest absolute Gasteiger partial charge is 0.0321 e. The van der Waals surface area contributed by atoms with Crippen LogP contribution in [0, 0.1) is 5.41 Å². The van der Waals surface area contributed by atoms with Gasteiger partial charge in [-0.1, -0.05) is 54.6 Å². The van der Waals surface area contributed by atoms with Gasteiger partial charge in [-0.3, -0.25) is 0 Å². The Morgan fingerprint density at radius 1 is 1.25 bits per heavy atom. The van der Waals surface area contributed by atoms with Gasteiger partial charge in [0.1, 0.15) is 0 Å². The highest BCUT2D eigenvalue weighted by atomic mass is 31.1. The normalized spacial score (nSPS) is 13.7. The first-order valence-corrected chi connectivity index (χ1v) is 6.23. The van der Waals surface area contributed by atoms with E-state index in [1.807, 2.05) is 0 Å². The van der Waals surface area contributed by atoms with E-state index in [-0.39, 0.29) is 0 Å². The molecule has 0 amide bonds. The van der Waals surface area contributed by atoms with Crippen LogP contribution < -0.4 is 0 Å². The van der Waals surface area contributed by atoms with Crippen molar-refractivity contribution in [3.63, 3.8) is 0 Å². The third kappa shape index (κ3) is 10.2. The number of allylic oxidation sites excluding steroid dienone is 1. The van der Waals surface area contributed by atoms with Gasteiger partial charge in [-0.05, 0) is 24.4 Å². The van der Waals surface area contributed by atoms with Gasteiger partial charge in [-0.2, -0.15) is 0 Å². The standard InChI is InChI=1S/C11H23P/c1-5-9-12-10-7-6-8-11(2,3)4/h7,10,12H,5-6,8-9H2,1-4H3/b10-7-. The van der Waals surface area contributed by atoms with Crippen LogP contribution in [0.2, 0.25) is 0 Å². The molecule has 72 valence electrons. The summed E-state index contributed by atoms with van der Waals surface area (Å²) in [4.78, 5) is 0. The van der Waals surface area contributed by atoms with Crippen molar-refractivity contribution in [3.05, 3.63) is 11.9 Å². The van der Waals surface area contributed by atoms with Crippen LogP contribution in [-0.2, 0) is 0 Å². The van der Waals surface area contributed by atoms with E-state index in [1.165, 1.54) is 25.4 Å². The number of rotatable bonds is 5. The molecule has 0 aromatic heterocycles. The monoisotopic (exact) mass is 186 g/mol. The summed E-state index contributed by atoms with van der Waals surface area (Å²) in [7, 11) is 1.04. The van der Waals surface area contributed by atoms with Crippen molar-refractivity contribution in [2.75, 3.05) is 6.16 Å². The second-order valence-corrected chi connectivity index (χ2v) is 5.70. The fourth-order valence-electron chi connectivity index (χ4n) is 0.911. The largest absolute Gasteiger partial charge is 0.0988 e. The Morgan fingerprint density at radius 2 is 1.92 bits per heavy atom. The first-order valence-electron chi connectivity index (χ1n) is 4.94. The van der Waals surface area contributed by atoms with Gasteiger partial charge in [-0.15, -0.1) is 0 Å². The summed E-state index contributed by atoms with van der Waals surface area (Å²) in [6, 6.07) is 0. The van der Waals surface area contributed by atoms with Crippen LogP contribution >= 0.6 is 8.58 Å². The lowest BCUT2D eigenvalue weighted by Gasteiger charge is -2.15. The third-order valence-corrected chi connectivity index (χ3v) is 2.95. The summed E-state index contributed by atoms with van der Waals surface area (Å²) in [5.41, 5.74) is 0.498. The summed E-state index contributed by atoms with van der Waals surface area (Å²) in [6.45, 7) is 9.15. The highest BCUT2D eigenvalue weighted by molar-refractivity contribution is 7.41. The zero-order valence-corrected chi connectivity index (χ0v) is 9.98. The van der Waals surface area contributed by atoms with Gasteiger partial charge in [-0.25, -0.2) is 0 Å². The zero-order chi connectivity index (χ0) is 9.45. The van der Waals surface area contributed by atoms with Gasteiger partial charge in [0.15, 0.2) is 0 Å². The molecule has 0 spiro atoms. The minimum Gasteiger partial charge on any atom is -0.0988 e. The fourth-order valence-corrected chi connectivity index (χ4v) is 1.70. The Labute approximate surface area is 79.6 Å². The highest BCUT2D eigenvalue weighted by Gasteiger charge is 2.07. The lowest BCUT2D eigenvalue weighted by atomic mass is 9.91. The molecule has 1 atom stereocenters. The second kappa shape index (κ2) is 6.66. The SMILES string of the molecule is CCCP/C=C\CCC(C)(C)C. The summed E-state index contributed by atoms with van der Waals surface area (Å²) < 4.78 is 0. The second-order valence-electron chi connectivity index (χ2n) is 4.46. The van der Waals surface area contributed by atoms with Gasteiger partial charge < -0.3 is 0 Å². The topological polar surface area (TPSA) is 0 Å². The number of hydrogen-bond donors (Lipinski definition) is 0. The Kier molecular flexibility index (Phi) is 6.76. The first-order chi connectivity index (χ1) is 5.56. The molecule has 0 rings (SSSR count). The van der Waals surface area contributed by atoms with Crippen molar-refractivity contribution in [1.82, 2.24) is 0 Å². The van der Waals surface area contributed by atoms with Gasteiger partial charge in [0.25, 0.3) is 0 Å². The molecule has 1 heteroatoms. The molecular formula is C11H23P. The molecule has 0 heterocycles. The highest BCUT2D eigenvalue weighted by Crippen LogP contribution is 2.21. The van der Waals surface area contributed by atoms with E-state index in [2.05, 4.69) is 39.6 Å². The van der Waals surface area contributed by atoms with Gasteiger partial charge in [0.2, 0.25) is 0 Å². The van der Waals surface area contributed by atoms with Gasteiger partial charge in [0, 0.05) is 0 Å². The average molecular weight is 186 g/mol. The van der Waals surface area contributed by atoms with E-state index in [4.69, 9.17) is 0 Å². The van der Waals surface area contributed by atoms with Crippen LogP contribution in [0.1, 0.15) is 47.0 Å². The van der Waals surface area contributed by atoms with Crippen molar-refractivity contribution in [2.24, 2.45) is 5.41 Å². The van der Waals surface area contributed by atoms with Crippen molar-refractivity contribution >= 4 is 8.58 Å². The van der Waals surface area contributed by atoms with E-state index in [1.54, 1.807) is 0 Å².